The fourth-order valence-corrected chi connectivity index (χ4v) is 2.52. The zero-order chi connectivity index (χ0) is 13.4. The molecule has 2 N–H and O–H groups in total. The molecule has 2 aromatic heterocycles. The van der Waals surface area contributed by atoms with E-state index < -0.39 is 12.0 Å². The Labute approximate surface area is 109 Å². The molecule has 0 unspecified atom stereocenters. The van der Waals surface area contributed by atoms with Crippen molar-refractivity contribution in [2.45, 2.75) is 18.6 Å². The van der Waals surface area contributed by atoms with Crippen molar-refractivity contribution in [3.63, 3.8) is 0 Å². The predicted molar refractivity (Wildman–Crippen MR) is 68.1 cm³/mol. The SMILES string of the molecule is CO[C@@H]1C[C@@H](C(=O)O)N(c2ncnc3[nH]ccc23)C1. The minimum absolute atomic E-state index is 0.0925. The Bertz CT molecular complexity index is 612. The lowest BCUT2D eigenvalue weighted by atomic mass is 10.2. The van der Waals surface area contributed by atoms with E-state index in [4.69, 9.17) is 4.74 Å². The molecule has 100 valence electrons. The van der Waals surface area contributed by atoms with E-state index in [9.17, 15) is 9.90 Å². The number of anilines is 1. The molecule has 2 atom stereocenters. The quantitative estimate of drug-likeness (QED) is 0.843. The number of aliphatic carboxylic acids is 1. The van der Waals surface area contributed by atoms with Crippen molar-refractivity contribution < 1.29 is 14.6 Å². The van der Waals surface area contributed by atoms with Gasteiger partial charge in [0.2, 0.25) is 0 Å². The molecule has 0 radical (unpaired) electrons. The van der Waals surface area contributed by atoms with Crippen LogP contribution in [0.1, 0.15) is 6.42 Å². The first-order valence-corrected chi connectivity index (χ1v) is 6.01. The first kappa shape index (κ1) is 11.9. The molecule has 0 bridgehead atoms. The van der Waals surface area contributed by atoms with Gasteiger partial charge in [-0.25, -0.2) is 14.8 Å². The van der Waals surface area contributed by atoms with Gasteiger partial charge in [-0.1, -0.05) is 0 Å². The largest absolute Gasteiger partial charge is 0.480 e. The van der Waals surface area contributed by atoms with Gasteiger partial charge in [-0.05, 0) is 6.07 Å². The molecule has 0 aromatic carbocycles. The summed E-state index contributed by atoms with van der Waals surface area (Å²) in [5, 5.41) is 10.2. The Kier molecular flexibility index (Phi) is 2.83. The highest BCUT2D eigenvalue weighted by molar-refractivity contribution is 5.90. The van der Waals surface area contributed by atoms with E-state index in [1.807, 2.05) is 6.07 Å². The van der Waals surface area contributed by atoms with Crippen molar-refractivity contribution in [3.8, 4) is 0 Å². The van der Waals surface area contributed by atoms with Gasteiger partial charge in [0.1, 0.15) is 23.8 Å². The average molecular weight is 262 g/mol. The molecule has 3 rings (SSSR count). The standard InChI is InChI=1S/C12H14N4O3/c1-19-7-4-9(12(17)18)16(5-7)11-8-2-3-13-10(8)14-6-15-11/h2-3,6-7,9H,4-5H2,1H3,(H,17,18)(H,13,14,15)/t7-,9+/m1/s1. The molecule has 1 fully saturated rings. The van der Waals surface area contributed by atoms with Gasteiger partial charge in [-0.3, -0.25) is 0 Å². The molecule has 1 aliphatic heterocycles. The summed E-state index contributed by atoms with van der Waals surface area (Å²) in [7, 11) is 1.60. The summed E-state index contributed by atoms with van der Waals surface area (Å²) >= 11 is 0. The summed E-state index contributed by atoms with van der Waals surface area (Å²) in [6.45, 7) is 0.519. The number of rotatable bonds is 3. The lowest BCUT2D eigenvalue weighted by molar-refractivity contribution is -0.138. The molecule has 0 saturated carbocycles. The lowest BCUT2D eigenvalue weighted by Crippen LogP contribution is -2.36. The van der Waals surface area contributed by atoms with Gasteiger partial charge in [-0.15, -0.1) is 0 Å². The maximum atomic E-state index is 11.4. The summed E-state index contributed by atoms with van der Waals surface area (Å²) < 4.78 is 5.28. The number of ether oxygens (including phenoxy) is 1. The third kappa shape index (κ3) is 1.91. The minimum Gasteiger partial charge on any atom is -0.480 e. The molecular formula is C12H14N4O3. The van der Waals surface area contributed by atoms with E-state index in [1.165, 1.54) is 6.33 Å². The number of hydrogen-bond donors (Lipinski definition) is 2. The lowest BCUT2D eigenvalue weighted by Gasteiger charge is -2.22. The number of nitrogens with one attached hydrogen (secondary N) is 1. The Hall–Kier alpha value is -2.15. The van der Waals surface area contributed by atoms with Crippen molar-refractivity contribution in [3.05, 3.63) is 18.6 Å². The van der Waals surface area contributed by atoms with Gasteiger partial charge in [0, 0.05) is 26.3 Å². The number of aromatic nitrogens is 3. The summed E-state index contributed by atoms with van der Waals surface area (Å²) in [5.41, 5.74) is 0.704. The van der Waals surface area contributed by atoms with Crippen LogP contribution in [0.4, 0.5) is 5.82 Å². The molecule has 3 heterocycles. The first-order chi connectivity index (χ1) is 9.20. The zero-order valence-electron chi connectivity index (χ0n) is 10.4. The van der Waals surface area contributed by atoms with Crippen LogP contribution in [0.25, 0.3) is 11.0 Å². The summed E-state index contributed by atoms with van der Waals surface area (Å²) in [5.74, 6) is -0.222. The number of carbonyl (C=O) groups is 1. The highest BCUT2D eigenvalue weighted by Gasteiger charge is 2.38. The number of H-pyrrole nitrogens is 1. The van der Waals surface area contributed by atoms with Gasteiger partial charge < -0.3 is 19.7 Å². The fraction of sp³-hybridized carbons (Fsp3) is 0.417. The first-order valence-electron chi connectivity index (χ1n) is 6.01. The molecule has 2 aromatic rings. The second-order valence-corrected chi connectivity index (χ2v) is 4.54. The summed E-state index contributed by atoms with van der Waals surface area (Å²) in [6.07, 6.45) is 3.57. The summed E-state index contributed by atoms with van der Waals surface area (Å²) in [6, 6.07) is 1.24. The number of carboxylic acids is 1. The number of hydrogen-bond acceptors (Lipinski definition) is 5. The van der Waals surface area contributed by atoms with Gasteiger partial charge in [-0.2, -0.15) is 0 Å². The van der Waals surface area contributed by atoms with Crippen molar-refractivity contribution in [1.29, 1.82) is 0 Å². The molecule has 1 saturated heterocycles. The maximum absolute atomic E-state index is 11.4. The van der Waals surface area contributed by atoms with Crippen LogP contribution in [-0.2, 0) is 9.53 Å². The van der Waals surface area contributed by atoms with Crippen molar-refractivity contribution in [2.24, 2.45) is 0 Å². The van der Waals surface area contributed by atoms with E-state index in [-0.39, 0.29) is 6.10 Å². The van der Waals surface area contributed by atoms with Crippen LogP contribution in [0.3, 0.4) is 0 Å². The van der Waals surface area contributed by atoms with Crippen molar-refractivity contribution in [1.82, 2.24) is 15.0 Å². The fourth-order valence-electron chi connectivity index (χ4n) is 2.52. The normalized spacial score (nSPS) is 23.1. The second-order valence-electron chi connectivity index (χ2n) is 4.54. The monoisotopic (exact) mass is 262 g/mol. The number of fused-ring (bicyclic) bond motifs is 1. The molecule has 0 aliphatic carbocycles. The van der Waals surface area contributed by atoms with Crippen LogP contribution < -0.4 is 4.90 Å². The van der Waals surface area contributed by atoms with E-state index in [1.54, 1.807) is 18.2 Å². The Morgan fingerprint density at radius 1 is 1.58 bits per heavy atom. The number of aromatic amines is 1. The second kappa shape index (κ2) is 4.51. The van der Waals surface area contributed by atoms with Gasteiger partial charge in [0.25, 0.3) is 0 Å². The number of methoxy groups -OCH3 is 1. The third-order valence-corrected chi connectivity index (χ3v) is 3.49. The van der Waals surface area contributed by atoms with E-state index >= 15 is 0 Å². The topological polar surface area (TPSA) is 91.3 Å². The van der Waals surface area contributed by atoms with Crippen LogP contribution in [-0.4, -0.2) is 51.8 Å². The molecule has 1 aliphatic rings. The van der Waals surface area contributed by atoms with Gasteiger partial charge in [0.15, 0.2) is 0 Å². The molecule has 0 spiro atoms. The maximum Gasteiger partial charge on any atom is 0.326 e. The Morgan fingerprint density at radius 3 is 3.16 bits per heavy atom. The van der Waals surface area contributed by atoms with Crippen LogP contribution >= 0.6 is 0 Å². The van der Waals surface area contributed by atoms with E-state index in [0.29, 0.717) is 24.4 Å². The number of carboxylic acid groups (broad SMARTS) is 1. The van der Waals surface area contributed by atoms with Crippen LogP contribution in [0.2, 0.25) is 0 Å². The minimum atomic E-state index is -0.859. The number of nitrogens with zero attached hydrogens (tertiary/aromatic N) is 3. The van der Waals surface area contributed by atoms with Crippen LogP contribution in [0.5, 0.6) is 0 Å². The predicted octanol–water partition coefficient (Wildman–Crippen LogP) is 0.636. The Balaban J connectivity index is 2.04. The van der Waals surface area contributed by atoms with E-state index in [0.717, 1.165) is 5.39 Å². The smallest absolute Gasteiger partial charge is 0.326 e. The molecular weight excluding hydrogens is 248 g/mol. The molecule has 19 heavy (non-hydrogen) atoms. The molecule has 0 amide bonds. The van der Waals surface area contributed by atoms with Gasteiger partial charge >= 0.3 is 5.97 Å². The van der Waals surface area contributed by atoms with Gasteiger partial charge in [0.05, 0.1) is 11.5 Å². The third-order valence-electron chi connectivity index (χ3n) is 3.49. The van der Waals surface area contributed by atoms with E-state index in [2.05, 4.69) is 15.0 Å². The highest BCUT2D eigenvalue weighted by Crippen LogP contribution is 2.30. The average Bonchev–Trinajstić information content (AvgIpc) is 3.04. The van der Waals surface area contributed by atoms with Crippen molar-refractivity contribution in [2.75, 3.05) is 18.6 Å². The molecule has 7 nitrogen and oxygen atoms in total. The van der Waals surface area contributed by atoms with Crippen LogP contribution in [0, 0.1) is 0 Å². The Morgan fingerprint density at radius 2 is 2.42 bits per heavy atom. The zero-order valence-corrected chi connectivity index (χ0v) is 10.4. The van der Waals surface area contributed by atoms with Crippen LogP contribution in [0.15, 0.2) is 18.6 Å². The van der Waals surface area contributed by atoms with Crippen molar-refractivity contribution >= 4 is 22.8 Å². The summed E-state index contributed by atoms with van der Waals surface area (Å²) in [4.78, 5) is 24.5. The molecule has 7 heteroatoms. The highest BCUT2D eigenvalue weighted by atomic mass is 16.5.